The van der Waals surface area contributed by atoms with E-state index in [0.717, 1.165) is 22.3 Å². The van der Waals surface area contributed by atoms with E-state index in [9.17, 15) is 0 Å². The third-order valence-electron chi connectivity index (χ3n) is 8.72. The minimum atomic E-state index is -0.575. The van der Waals surface area contributed by atoms with E-state index in [4.69, 9.17) is 35.3 Å². The molecular formula is C40H39ClN4O5. The Morgan fingerprint density at radius 2 is 1.14 bits per heavy atom. The Morgan fingerprint density at radius 1 is 0.620 bits per heavy atom. The first-order valence-electron chi connectivity index (χ1n) is 16.8. The van der Waals surface area contributed by atoms with Gasteiger partial charge in [0.05, 0.1) is 45.5 Å². The molecule has 1 aliphatic heterocycles. The molecule has 0 bridgehead atoms. The third kappa shape index (κ3) is 8.62. The number of halogens is 1. The fourth-order valence-electron chi connectivity index (χ4n) is 6.18. The second-order valence-electron chi connectivity index (χ2n) is 12.2. The Morgan fingerprint density at radius 3 is 1.72 bits per heavy atom. The summed E-state index contributed by atoms with van der Waals surface area (Å²) in [5, 5.41) is 0.273. The van der Waals surface area contributed by atoms with Gasteiger partial charge in [-0.25, -0.2) is 15.0 Å². The van der Waals surface area contributed by atoms with Crippen molar-refractivity contribution in [1.82, 2.24) is 19.5 Å². The maximum absolute atomic E-state index is 7.02. The molecule has 1 aliphatic rings. The number of fused-ring (bicyclic) bond motifs is 1. The van der Waals surface area contributed by atoms with Gasteiger partial charge in [0.1, 0.15) is 36.4 Å². The van der Waals surface area contributed by atoms with Gasteiger partial charge >= 0.3 is 0 Å². The maximum atomic E-state index is 7.02. The van der Waals surface area contributed by atoms with Crippen molar-refractivity contribution in [1.29, 1.82) is 0 Å². The molecule has 0 aliphatic carbocycles. The molecule has 4 aromatic carbocycles. The van der Waals surface area contributed by atoms with Crippen molar-refractivity contribution < 1.29 is 23.7 Å². The van der Waals surface area contributed by atoms with E-state index in [1.54, 1.807) is 6.33 Å². The van der Waals surface area contributed by atoms with Crippen molar-refractivity contribution in [2.75, 3.05) is 6.61 Å². The zero-order chi connectivity index (χ0) is 34.0. The van der Waals surface area contributed by atoms with E-state index in [1.807, 2.05) is 102 Å². The van der Waals surface area contributed by atoms with Crippen molar-refractivity contribution in [2.45, 2.75) is 63.5 Å². The molecule has 10 heteroatoms. The lowest BCUT2D eigenvalue weighted by Gasteiger charge is -2.34. The van der Waals surface area contributed by atoms with Crippen LogP contribution < -0.4 is 0 Å². The van der Waals surface area contributed by atoms with Crippen LogP contribution in [0.25, 0.3) is 11.2 Å². The molecule has 256 valence electrons. The van der Waals surface area contributed by atoms with Crippen molar-refractivity contribution >= 4 is 22.8 Å². The Kier molecular flexibility index (Phi) is 11.5. The highest BCUT2D eigenvalue weighted by molar-refractivity contribution is 6.33. The highest BCUT2D eigenvalue weighted by atomic mass is 35.5. The SMILES string of the molecule is Clc1ncnc2c1ncn2[C@@H]1C[C@H](OCc2ccccc2)[C@@H](OCc2ccccc2)[C@H](OCc2ccccc2)[C@@H](COCc2ccccc2)O1. The number of rotatable bonds is 14. The summed E-state index contributed by atoms with van der Waals surface area (Å²) in [5.41, 5.74) is 5.25. The van der Waals surface area contributed by atoms with Gasteiger partial charge < -0.3 is 23.7 Å². The molecule has 0 unspecified atom stereocenters. The topological polar surface area (TPSA) is 89.8 Å². The van der Waals surface area contributed by atoms with Gasteiger partial charge in [0.25, 0.3) is 0 Å². The summed E-state index contributed by atoms with van der Waals surface area (Å²) in [6, 6.07) is 40.4. The fraction of sp³-hybridized carbons (Fsp3) is 0.275. The number of hydrogen-bond acceptors (Lipinski definition) is 8. The molecule has 5 atom stereocenters. The first-order valence-corrected chi connectivity index (χ1v) is 17.2. The van der Waals surface area contributed by atoms with E-state index >= 15 is 0 Å². The molecule has 2 aromatic heterocycles. The Labute approximate surface area is 296 Å². The minimum Gasteiger partial charge on any atom is -0.374 e. The molecule has 3 heterocycles. The van der Waals surface area contributed by atoms with E-state index in [-0.39, 0.29) is 11.8 Å². The molecule has 7 rings (SSSR count). The van der Waals surface area contributed by atoms with Gasteiger partial charge in [-0.3, -0.25) is 4.57 Å². The van der Waals surface area contributed by atoms with Crippen molar-refractivity contribution in [3.8, 4) is 0 Å². The van der Waals surface area contributed by atoms with Crippen LogP contribution in [0.4, 0.5) is 0 Å². The summed E-state index contributed by atoms with van der Waals surface area (Å²) in [5.74, 6) is 0. The molecule has 9 nitrogen and oxygen atoms in total. The highest BCUT2D eigenvalue weighted by Crippen LogP contribution is 2.35. The van der Waals surface area contributed by atoms with E-state index in [1.165, 1.54) is 6.33 Å². The molecular weight excluding hydrogens is 652 g/mol. The van der Waals surface area contributed by atoms with Crippen LogP contribution in [-0.4, -0.2) is 50.5 Å². The van der Waals surface area contributed by atoms with E-state index in [2.05, 4.69) is 39.2 Å². The first-order chi connectivity index (χ1) is 24.7. The molecule has 0 radical (unpaired) electrons. The predicted molar refractivity (Wildman–Crippen MR) is 190 cm³/mol. The standard InChI is InChI=1S/C40H39ClN4O5/c41-39-36-40(43-27-42-39)45(28-44-36)35-21-33(47-23-30-15-7-2-8-16-30)37(48-24-31-17-9-3-10-18-31)38(49-25-32-19-11-4-12-20-32)34(50-35)26-46-22-29-13-5-1-6-14-29/h1-20,27-28,33-35,37-38H,21-26H2/t33-,34+,35-,37+,38+/m0/s1. The predicted octanol–water partition coefficient (Wildman–Crippen LogP) is 7.74. The Balaban J connectivity index is 1.26. The maximum Gasteiger partial charge on any atom is 0.166 e. The lowest BCUT2D eigenvalue weighted by Crippen LogP contribution is -2.48. The summed E-state index contributed by atoms with van der Waals surface area (Å²) in [7, 11) is 0. The lowest BCUT2D eigenvalue weighted by molar-refractivity contribution is -0.184. The summed E-state index contributed by atoms with van der Waals surface area (Å²) < 4.78 is 35.8. The molecule has 0 amide bonds. The van der Waals surface area contributed by atoms with Gasteiger partial charge in [0, 0.05) is 6.42 Å². The average molecular weight is 691 g/mol. The van der Waals surface area contributed by atoms with Crippen LogP contribution in [0.15, 0.2) is 134 Å². The molecule has 6 aromatic rings. The summed E-state index contributed by atoms with van der Waals surface area (Å²) in [6.45, 7) is 1.74. The molecule has 1 fully saturated rings. The minimum absolute atomic E-state index is 0.240. The number of hydrogen-bond donors (Lipinski definition) is 0. The van der Waals surface area contributed by atoms with Crippen LogP contribution in [0.2, 0.25) is 5.15 Å². The molecule has 0 saturated carbocycles. The summed E-state index contributed by atoms with van der Waals surface area (Å²) >= 11 is 6.44. The monoisotopic (exact) mass is 690 g/mol. The van der Waals surface area contributed by atoms with E-state index in [0.29, 0.717) is 44.0 Å². The number of imidazole rings is 1. The van der Waals surface area contributed by atoms with Crippen molar-refractivity contribution in [3.05, 3.63) is 161 Å². The van der Waals surface area contributed by atoms with Gasteiger partial charge in [0.2, 0.25) is 0 Å². The third-order valence-corrected chi connectivity index (χ3v) is 8.99. The lowest BCUT2D eigenvalue weighted by atomic mass is 10.0. The summed E-state index contributed by atoms with van der Waals surface area (Å²) in [4.78, 5) is 13.2. The number of aromatic nitrogens is 4. The Hall–Kier alpha value is -4.48. The largest absolute Gasteiger partial charge is 0.374 e. The first kappa shape index (κ1) is 34.0. The zero-order valence-corrected chi connectivity index (χ0v) is 28.3. The quantitative estimate of drug-likeness (QED) is 0.107. The Bertz CT molecular complexity index is 1900. The van der Waals surface area contributed by atoms with Crippen LogP contribution in [-0.2, 0) is 50.1 Å². The van der Waals surface area contributed by atoms with Gasteiger partial charge in [-0.1, -0.05) is 133 Å². The van der Waals surface area contributed by atoms with Crippen molar-refractivity contribution in [3.63, 3.8) is 0 Å². The van der Waals surface area contributed by atoms with Gasteiger partial charge in [-0.15, -0.1) is 0 Å². The second kappa shape index (κ2) is 17.0. The number of benzene rings is 4. The van der Waals surface area contributed by atoms with Crippen molar-refractivity contribution in [2.24, 2.45) is 0 Å². The van der Waals surface area contributed by atoms with Gasteiger partial charge in [0.15, 0.2) is 10.8 Å². The van der Waals surface area contributed by atoms with Gasteiger partial charge in [-0.05, 0) is 22.3 Å². The molecule has 0 N–H and O–H groups in total. The van der Waals surface area contributed by atoms with E-state index < -0.39 is 30.6 Å². The number of ether oxygens (including phenoxy) is 5. The second-order valence-corrected chi connectivity index (χ2v) is 12.6. The van der Waals surface area contributed by atoms with Crippen LogP contribution in [0.1, 0.15) is 34.9 Å². The smallest absolute Gasteiger partial charge is 0.166 e. The van der Waals surface area contributed by atoms with Crippen LogP contribution in [0.3, 0.4) is 0 Å². The van der Waals surface area contributed by atoms with Crippen LogP contribution >= 0.6 is 11.6 Å². The number of nitrogens with zero attached hydrogens (tertiary/aromatic N) is 4. The molecule has 0 spiro atoms. The zero-order valence-electron chi connectivity index (χ0n) is 27.5. The molecule has 50 heavy (non-hydrogen) atoms. The fourth-order valence-corrected chi connectivity index (χ4v) is 6.36. The average Bonchev–Trinajstić information content (AvgIpc) is 3.55. The van der Waals surface area contributed by atoms with Crippen LogP contribution in [0.5, 0.6) is 0 Å². The van der Waals surface area contributed by atoms with Crippen LogP contribution in [0, 0.1) is 0 Å². The normalized spacial score (nSPS) is 20.9. The molecule has 1 saturated heterocycles. The highest BCUT2D eigenvalue weighted by Gasteiger charge is 2.44. The van der Waals surface area contributed by atoms with Gasteiger partial charge in [-0.2, -0.15) is 0 Å². The summed E-state index contributed by atoms with van der Waals surface area (Å²) in [6.07, 6.45) is 0.842.